The van der Waals surface area contributed by atoms with Gasteiger partial charge in [-0.3, -0.25) is 9.80 Å². The van der Waals surface area contributed by atoms with Gasteiger partial charge in [0.1, 0.15) is 0 Å². The number of hydrogen-bond donors (Lipinski definition) is 1. The van der Waals surface area contributed by atoms with Crippen molar-refractivity contribution >= 4 is 11.8 Å². The fourth-order valence-electron chi connectivity index (χ4n) is 3.87. The second-order valence-corrected chi connectivity index (χ2v) is 8.53. The number of hydrogen-bond acceptors (Lipinski definition) is 4. The van der Waals surface area contributed by atoms with Gasteiger partial charge in [0.2, 0.25) is 0 Å². The van der Waals surface area contributed by atoms with Crippen LogP contribution in [-0.2, 0) is 0 Å². The minimum Gasteiger partial charge on any atom is -0.329 e. The van der Waals surface area contributed by atoms with Crippen LogP contribution in [0.25, 0.3) is 0 Å². The molecule has 0 aromatic rings. The first-order valence-electron chi connectivity index (χ1n) is 8.19. The molecule has 0 spiro atoms. The van der Waals surface area contributed by atoms with Crippen LogP contribution in [-0.4, -0.2) is 65.6 Å². The fourth-order valence-corrected chi connectivity index (χ4v) is 5.41. The molecule has 2 aliphatic rings. The molecule has 3 nitrogen and oxygen atoms in total. The number of rotatable bonds is 4. The van der Waals surface area contributed by atoms with E-state index in [-0.39, 0.29) is 5.54 Å². The second-order valence-electron chi connectivity index (χ2n) is 7.54. The molecule has 2 unspecified atom stereocenters. The number of nitrogens with zero attached hydrogens (tertiary/aromatic N) is 2. The minimum atomic E-state index is 0.244. The summed E-state index contributed by atoms with van der Waals surface area (Å²) in [6.07, 6.45) is 2.51. The molecule has 0 aliphatic carbocycles. The first-order valence-corrected chi connectivity index (χ1v) is 9.35. The molecule has 2 fully saturated rings. The first-order chi connectivity index (χ1) is 9.42. The van der Waals surface area contributed by atoms with E-state index in [1.54, 1.807) is 0 Å². The number of nitrogens with two attached hydrogens (primary N) is 1. The van der Waals surface area contributed by atoms with Crippen LogP contribution in [0, 0.1) is 5.41 Å². The summed E-state index contributed by atoms with van der Waals surface area (Å²) in [5.74, 6) is 2.50. The van der Waals surface area contributed by atoms with Crippen molar-refractivity contribution in [2.24, 2.45) is 11.1 Å². The molecule has 2 rings (SSSR count). The van der Waals surface area contributed by atoms with Crippen molar-refractivity contribution in [3.63, 3.8) is 0 Å². The molecule has 0 amide bonds. The van der Waals surface area contributed by atoms with E-state index < -0.39 is 0 Å². The summed E-state index contributed by atoms with van der Waals surface area (Å²) in [6, 6.07) is 0.725. The largest absolute Gasteiger partial charge is 0.329 e. The van der Waals surface area contributed by atoms with Gasteiger partial charge < -0.3 is 5.73 Å². The molecule has 0 radical (unpaired) electrons. The molecule has 2 atom stereocenters. The third kappa shape index (κ3) is 3.52. The molecule has 4 heteroatoms. The molecule has 2 saturated heterocycles. The Hall–Kier alpha value is 0.230. The lowest BCUT2D eigenvalue weighted by Gasteiger charge is -2.53. The van der Waals surface area contributed by atoms with E-state index in [0.717, 1.165) is 12.6 Å². The summed E-state index contributed by atoms with van der Waals surface area (Å²) in [7, 11) is 0. The Morgan fingerprint density at radius 3 is 2.30 bits per heavy atom. The maximum Gasteiger partial charge on any atom is 0.0428 e. The molecule has 118 valence electrons. The van der Waals surface area contributed by atoms with E-state index in [2.05, 4.69) is 49.3 Å². The topological polar surface area (TPSA) is 32.5 Å². The van der Waals surface area contributed by atoms with Crippen LogP contribution in [0.1, 0.15) is 40.5 Å². The van der Waals surface area contributed by atoms with Gasteiger partial charge in [-0.2, -0.15) is 11.8 Å². The standard InChI is InChI=1S/C16H33N3S/c1-5-14(2)18-6-8-19(9-7-18)16(11-17)10-15(3,4)12-20-13-16/h14H,5-13,17H2,1-4H3. The SMILES string of the molecule is CCC(C)N1CCN(C2(CN)CSCC(C)(C)C2)CC1. The van der Waals surface area contributed by atoms with Crippen LogP contribution in [0.4, 0.5) is 0 Å². The van der Waals surface area contributed by atoms with Gasteiger partial charge in [0.05, 0.1) is 0 Å². The Bertz CT molecular complexity index is 313. The normalized spacial score (nSPS) is 34.0. The maximum atomic E-state index is 6.24. The fraction of sp³-hybridized carbons (Fsp3) is 1.00. The van der Waals surface area contributed by atoms with Crippen molar-refractivity contribution in [1.82, 2.24) is 9.80 Å². The summed E-state index contributed by atoms with van der Waals surface area (Å²) in [6.45, 7) is 15.1. The van der Waals surface area contributed by atoms with E-state index in [1.807, 2.05) is 0 Å². The summed E-state index contributed by atoms with van der Waals surface area (Å²) in [5.41, 5.74) is 6.91. The lowest BCUT2D eigenvalue weighted by atomic mass is 9.78. The highest BCUT2D eigenvalue weighted by atomic mass is 32.2. The average molecular weight is 300 g/mol. The third-order valence-electron chi connectivity index (χ3n) is 5.25. The monoisotopic (exact) mass is 299 g/mol. The Labute approximate surface area is 129 Å². The number of piperazine rings is 1. The summed E-state index contributed by atoms with van der Waals surface area (Å²) >= 11 is 2.10. The maximum absolute atomic E-state index is 6.24. The molecule has 0 saturated carbocycles. The predicted octanol–water partition coefficient (Wildman–Crippen LogP) is 2.26. The molecular formula is C16H33N3S. The van der Waals surface area contributed by atoms with Crippen LogP contribution in [0.2, 0.25) is 0 Å². The van der Waals surface area contributed by atoms with Crippen LogP contribution >= 0.6 is 11.8 Å². The molecule has 0 bridgehead atoms. The zero-order chi connectivity index (χ0) is 14.8. The van der Waals surface area contributed by atoms with Gasteiger partial charge in [-0.15, -0.1) is 0 Å². The smallest absolute Gasteiger partial charge is 0.0428 e. The Morgan fingerprint density at radius 1 is 1.15 bits per heavy atom. The van der Waals surface area contributed by atoms with Crippen molar-refractivity contribution in [3.05, 3.63) is 0 Å². The molecule has 20 heavy (non-hydrogen) atoms. The highest BCUT2D eigenvalue weighted by molar-refractivity contribution is 7.99. The lowest BCUT2D eigenvalue weighted by molar-refractivity contribution is 0.0118. The van der Waals surface area contributed by atoms with Crippen molar-refractivity contribution in [1.29, 1.82) is 0 Å². The summed E-state index contributed by atoms with van der Waals surface area (Å²) in [4.78, 5) is 5.35. The van der Waals surface area contributed by atoms with Gasteiger partial charge >= 0.3 is 0 Å². The van der Waals surface area contributed by atoms with Crippen LogP contribution in [0.5, 0.6) is 0 Å². The van der Waals surface area contributed by atoms with Crippen LogP contribution < -0.4 is 5.73 Å². The Morgan fingerprint density at radius 2 is 1.80 bits per heavy atom. The highest BCUT2D eigenvalue weighted by Crippen LogP contribution is 2.42. The molecule has 2 N–H and O–H groups in total. The van der Waals surface area contributed by atoms with Crippen LogP contribution in [0.3, 0.4) is 0 Å². The van der Waals surface area contributed by atoms with Gasteiger partial charge in [0.25, 0.3) is 0 Å². The summed E-state index contributed by atoms with van der Waals surface area (Å²) < 4.78 is 0. The predicted molar refractivity (Wildman–Crippen MR) is 90.4 cm³/mol. The van der Waals surface area contributed by atoms with Crippen molar-refractivity contribution in [3.8, 4) is 0 Å². The molecule has 0 aromatic heterocycles. The van der Waals surface area contributed by atoms with Crippen molar-refractivity contribution in [2.75, 3.05) is 44.2 Å². The van der Waals surface area contributed by atoms with Gasteiger partial charge in [0.15, 0.2) is 0 Å². The highest BCUT2D eigenvalue weighted by Gasteiger charge is 2.44. The molecular weight excluding hydrogens is 266 g/mol. The van der Waals surface area contributed by atoms with E-state index in [4.69, 9.17) is 5.73 Å². The minimum absolute atomic E-state index is 0.244. The zero-order valence-electron chi connectivity index (χ0n) is 13.8. The van der Waals surface area contributed by atoms with E-state index in [0.29, 0.717) is 5.41 Å². The quantitative estimate of drug-likeness (QED) is 0.863. The van der Waals surface area contributed by atoms with Gasteiger partial charge in [-0.1, -0.05) is 20.8 Å². The zero-order valence-corrected chi connectivity index (χ0v) is 14.6. The molecule has 2 heterocycles. The molecule has 2 aliphatic heterocycles. The van der Waals surface area contributed by atoms with E-state index >= 15 is 0 Å². The van der Waals surface area contributed by atoms with Crippen molar-refractivity contribution < 1.29 is 0 Å². The second kappa shape index (κ2) is 6.55. The van der Waals surface area contributed by atoms with Gasteiger partial charge in [-0.25, -0.2) is 0 Å². The Balaban J connectivity index is 2.00. The van der Waals surface area contributed by atoms with Crippen LogP contribution in [0.15, 0.2) is 0 Å². The lowest BCUT2D eigenvalue weighted by Crippen LogP contribution is -2.64. The van der Waals surface area contributed by atoms with E-state index in [1.165, 1.54) is 50.5 Å². The summed E-state index contributed by atoms with van der Waals surface area (Å²) in [5, 5.41) is 0. The first kappa shape index (κ1) is 16.6. The molecule has 0 aromatic carbocycles. The average Bonchev–Trinajstić information content (AvgIpc) is 2.45. The Kier molecular flexibility index (Phi) is 5.44. The van der Waals surface area contributed by atoms with E-state index in [9.17, 15) is 0 Å². The van der Waals surface area contributed by atoms with Gasteiger partial charge in [0, 0.05) is 50.1 Å². The number of thioether (sulfide) groups is 1. The van der Waals surface area contributed by atoms with Gasteiger partial charge in [-0.05, 0) is 30.9 Å². The third-order valence-corrected chi connectivity index (χ3v) is 6.98. The van der Waals surface area contributed by atoms with Crippen molar-refractivity contribution in [2.45, 2.75) is 52.1 Å².